The minimum Gasteiger partial charge on any atom is -0.464 e. The first-order valence-corrected chi connectivity index (χ1v) is 5.12. The Morgan fingerprint density at radius 2 is 2.62 bits per heavy atom. The summed E-state index contributed by atoms with van der Waals surface area (Å²) in [5, 5.41) is 6.73. The molecule has 0 fully saturated rings. The molecule has 1 atom stereocenters. The molecule has 1 N–H and O–H groups in total. The summed E-state index contributed by atoms with van der Waals surface area (Å²) in [5.41, 5.74) is 1.09. The van der Waals surface area contributed by atoms with E-state index in [4.69, 9.17) is 4.74 Å². The van der Waals surface area contributed by atoms with Crippen molar-refractivity contribution in [1.29, 1.82) is 0 Å². The van der Waals surface area contributed by atoms with Gasteiger partial charge in [-0.3, -0.25) is 9.89 Å². The average Bonchev–Trinajstić information content (AvgIpc) is 2.51. The smallest absolute Gasteiger partial charge is 0.293 e. The molecule has 0 spiro atoms. The van der Waals surface area contributed by atoms with Gasteiger partial charge in [-0.1, -0.05) is 6.92 Å². The monoisotopic (exact) mass is 294 g/mol. The van der Waals surface area contributed by atoms with Crippen molar-refractivity contribution in [2.45, 2.75) is 25.9 Å². The molecule has 1 aromatic heterocycles. The van der Waals surface area contributed by atoms with Crippen molar-refractivity contribution in [3.05, 3.63) is 15.5 Å². The van der Waals surface area contributed by atoms with E-state index in [9.17, 15) is 4.79 Å². The van der Waals surface area contributed by atoms with E-state index in [1.165, 1.54) is 0 Å². The summed E-state index contributed by atoms with van der Waals surface area (Å²) in [5.74, 6) is 0. The molecule has 0 amide bonds. The summed E-state index contributed by atoms with van der Waals surface area (Å²) in [6, 6.07) is 0. The van der Waals surface area contributed by atoms with Crippen LogP contribution in [0.3, 0.4) is 0 Å². The SMILES string of the molecule is CCC(Cc1cn[nH]c1I)OC=O. The quantitative estimate of drug-likeness (QED) is 0.661. The van der Waals surface area contributed by atoms with Crippen LogP contribution in [0.2, 0.25) is 0 Å². The average molecular weight is 294 g/mol. The number of hydrogen-bond donors (Lipinski definition) is 1. The van der Waals surface area contributed by atoms with Gasteiger partial charge in [0.05, 0.1) is 9.90 Å². The molecule has 1 rings (SSSR count). The summed E-state index contributed by atoms with van der Waals surface area (Å²) in [6.45, 7) is 2.49. The number of carbonyl (C=O) groups excluding carboxylic acids is 1. The van der Waals surface area contributed by atoms with Crippen LogP contribution in [0.5, 0.6) is 0 Å². The summed E-state index contributed by atoms with van der Waals surface area (Å²) < 4.78 is 5.90. The van der Waals surface area contributed by atoms with Gasteiger partial charge in [0.15, 0.2) is 0 Å². The van der Waals surface area contributed by atoms with Crippen molar-refractivity contribution in [3.8, 4) is 0 Å². The molecule has 0 bridgehead atoms. The fraction of sp³-hybridized carbons (Fsp3) is 0.500. The molecule has 13 heavy (non-hydrogen) atoms. The number of nitrogens with one attached hydrogen (secondary N) is 1. The lowest BCUT2D eigenvalue weighted by molar-refractivity contribution is -0.133. The Hall–Kier alpha value is -0.590. The van der Waals surface area contributed by atoms with Crippen molar-refractivity contribution < 1.29 is 9.53 Å². The van der Waals surface area contributed by atoms with Crippen LogP contribution < -0.4 is 0 Å². The predicted molar refractivity (Wildman–Crippen MR) is 56.2 cm³/mol. The molecule has 0 aromatic carbocycles. The molecular weight excluding hydrogens is 283 g/mol. The van der Waals surface area contributed by atoms with Crippen molar-refractivity contribution >= 4 is 29.1 Å². The number of hydrogen-bond acceptors (Lipinski definition) is 3. The van der Waals surface area contributed by atoms with Gasteiger partial charge in [0, 0.05) is 12.0 Å². The highest BCUT2D eigenvalue weighted by Gasteiger charge is 2.10. The second kappa shape index (κ2) is 5.21. The van der Waals surface area contributed by atoms with Crippen LogP contribution in [0.4, 0.5) is 0 Å². The molecule has 1 aromatic rings. The maximum atomic E-state index is 10.1. The maximum absolute atomic E-state index is 10.1. The first kappa shape index (κ1) is 10.5. The Kier molecular flexibility index (Phi) is 4.20. The van der Waals surface area contributed by atoms with Crippen LogP contribution in [-0.2, 0) is 16.0 Å². The standard InChI is InChI=1S/C8H11IN2O2/c1-2-7(13-5-12)3-6-4-10-11-8(6)9/h4-5,7H,2-3H2,1H3,(H,10,11). The molecule has 0 saturated heterocycles. The molecule has 0 radical (unpaired) electrons. The van der Waals surface area contributed by atoms with Crippen LogP contribution in [0.25, 0.3) is 0 Å². The molecule has 4 nitrogen and oxygen atoms in total. The van der Waals surface area contributed by atoms with Gasteiger partial charge < -0.3 is 4.74 Å². The van der Waals surface area contributed by atoms with E-state index in [2.05, 4.69) is 32.8 Å². The van der Waals surface area contributed by atoms with Crippen LogP contribution >= 0.6 is 22.6 Å². The van der Waals surface area contributed by atoms with Gasteiger partial charge in [-0.25, -0.2) is 0 Å². The zero-order chi connectivity index (χ0) is 9.68. The third-order valence-electron chi connectivity index (χ3n) is 1.82. The Labute approximate surface area is 90.2 Å². The number of rotatable bonds is 5. The van der Waals surface area contributed by atoms with Crippen molar-refractivity contribution in [3.63, 3.8) is 0 Å². The van der Waals surface area contributed by atoms with Crippen LogP contribution in [0.15, 0.2) is 6.20 Å². The third-order valence-corrected chi connectivity index (χ3v) is 2.75. The van der Waals surface area contributed by atoms with Gasteiger partial charge in [-0.2, -0.15) is 5.10 Å². The molecule has 0 aliphatic heterocycles. The molecule has 72 valence electrons. The second-order valence-electron chi connectivity index (χ2n) is 2.68. The van der Waals surface area contributed by atoms with E-state index >= 15 is 0 Å². The minimum absolute atomic E-state index is 0.0383. The Morgan fingerprint density at radius 3 is 3.08 bits per heavy atom. The molecule has 1 unspecified atom stereocenters. The van der Waals surface area contributed by atoms with Crippen LogP contribution in [0.1, 0.15) is 18.9 Å². The highest BCUT2D eigenvalue weighted by molar-refractivity contribution is 14.1. The van der Waals surface area contributed by atoms with Crippen molar-refractivity contribution in [2.24, 2.45) is 0 Å². The first-order chi connectivity index (χ1) is 6.27. The summed E-state index contributed by atoms with van der Waals surface area (Å²) >= 11 is 2.17. The third kappa shape index (κ3) is 2.98. The highest BCUT2D eigenvalue weighted by Crippen LogP contribution is 2.12. The van der Waals surface area contributed by atoms with Crippen LogP contribution in [-0.4, -0.2) is 22.8 Å². The van der Waals surface area contributed by atoms with Crippen molar-refractivity contribution in [1.82, 2.24) is 10.2 Å². The summed E-state index contributed by atoms with van der Waals surface area (Å²) in [7, 11) is 0. The highest BCUT2D eigenvalue weighted by atomic mass is 127. The maximum Gasteiger partial charge on any atom is 0.293 e. The van der Waals surface area contributed by atoms with Crippen molar-refractivity contribution in [2.75, 3.05) is 0 Å². The topological polar surface area (TPSA) is 55.0 Å². The summed E-state index contributed by atoms with van der Waals surface area (Å²) in [4.78, 5) is 10.1. The van der Waals surface area contributed by atoms with E-state index in [0.717, 1.165) is 22.1 Å². The number of ether oxygens (including phenoxy) is 1. The zero-order valence-electron chi connectivity index (χ0n) is 7.29. The van der Waals surface area contributed by atoms with E-state index in [1.807, 2.05) is 6.92 Å². The lowest BCUT2D eigenvalue weighted by atomic mass is 10.1. The molecule has 1 heterocycles. The Bertz CT molecular complexity index is 275. The zero-order valence-corrected chi connectivity index (χ0v) is 9.45. The molecule has 0 aliphatic rings. The van der Waals surface area contributed by atoms with E-state index in [1.54, 1.807) is 6.20 Å². The number of halogens is 1. The number of H-pyrrole nitrogens is 1. The van der Waals surface area contributed by atoms with Gasteiger partial charge in [0.2, 0.25) is 0 Å². The van der Waals surface area contributed by atoms with Gasteiger partial charge in [-0.05, 0) is 29.0 Å². The van der Waals surface area contributed by atoms with Crippen LogP contribution in [0, 0.1) is 3.70 Å². The number of nitrogens with zero attached hydrogens (tertiary/aromatic N) is 1. The van der Waals surface area contributed by atoms with E-state index in [0.29, 0.717) is 6.47 Å². The van der Waals surface area contributed by atoms with Gasteiger partial charge in [0.25, 0.3) is 6.47 Å². The number of aromatic amines is 1. The second-order valence-corrected chi connectivity index (χ2v) is 3.75. The molecular formula is C8H11IN2O2. The lowest BCUT2D eigenvalue weighted by Gasteiger charge is -2.11. The molecule has 0 aliphatic carbocycles. The number of aromatic nitrogens is 2. The van der Waals surface area contributed by atoms with E-state index < -0.39 is 0 Å². The number of carbonyl (C=O) groups is 1. The fourth-order valence-corrected chi connectivity index (χ4v) is 1.55. The van der Waals surface area contributed by atoms with E-state index in [-0.39, 0.29) is 6.10 Å². The Morgan fingerprint density at radius 1 is 1.85 bits per heavy atom. The molecule has 5 heteroatoms. The minimum atomic E-state index is -0.0383. The largest absolute Gasteiger partial charge is 0.464 e. The predicted octanol–water partition coefficient (Wildman–Crippen LogP) is 1.51. The normalized spacial score (nSPS) is 12.5. The van der Waals surface area contributed by atoms with Gasteiger partial charge in [-0.15, -0.1) is 0 Å². The fourth-order valence-electron chi connectivity index (χ4n) is 1.05. The van der Waals surface area contributed by atoms with Gasteiger partial charge in [0.1, 0.15) is 6.10 Å². The first-order valence-electron chi connectivity index (χ1n) is 4.04. The Balaban J connectivity index is 2.55. The molecule has 0 saturated carbocycles. The lowest BCUT2D eigenvalue weighted by Crippen LogP contribution is -2.14. The summed E-state index contributed by atoms with van der Waals surface area (Å²) in [6.07, 6.45) is 3.27. The van der Waals surface area contributed by atoms with Gasteiger partial charge >= 0.3 is 0 Å².